The van der Waals surface area contributed by atoms with Gasteiger partial charge in [0, 0.05) is 6.42 Å². The Balaban J connectivity index is 1.56. The van der Waals surface area contributed by atoms with Crippen molar-refractivity contribution in [3.8, 4) is 0 Å². The molecule has 2 atom stereocenters. The number of nitrogens with zero attached hydrogens (tertiary/aromatic N) is 1. The fourth-order valence-corrected chi connectivity index (χ4v) is 2.58. The molecule has 2 aliphatic rings. The number of benzene rings is 1. The molecule has 2 heterocycles. The van der Waals surface area contributed by atoms with Gasteiger partial charge in [0.1, 0.15) is 12.6 Å². The first-order chi connectivity index (χ1) is 9.25. The molecular formula is C14H15NO4. The average Bonchev–Trinajstić information content (AvgIpc) is 2.94. The molecule has 0 saturated carbocycles. The van der Waals surface area contributed by atoms with Crippen molar-refractivity contribution in [1.82, 2.24) is 4.90 Å². The highest BCUT2D eigenvalue weighted by molar-refractivity contribution is 5.93. The molecule has 0 N–H and O–H groups in total. The predicted molar refractivity (Wildman–Crippen MR) is 66.5 cm³/mol. The van der Waals surface area contributed by atoms with E-state index in [4.69, 9.17) is 9.47 Å². The summed E-state index contributed by atoms with van der Waals surface area (Å²) in [6.07, 6.45) is -0.0293. The van der Waals surface area contributed by atoms with Gasteiger partial charge in [-0.1, -0.05) is 30.3 Å². The van der Waals surface area contributed by atoms with E-state index >= 15 is 0 Å². The lowest BCUT2D eigenvalue weighted by molar-refractivity contribution is -0.119. The van der Waals surface area contributed by atoms with Gasteiger partial charge in [0.2, 0.25) is 0 Å². The molecule has 3 rings (SSSR count). The normalized spacial score (nSPS) is 25.6. The SMILES string of the molecule is O=C1C[C@H](COCc2ccccc2)N2C(=O)OC[C@@H]12. The first-order valence-electron chi connectivity index (χ1n) is 6.35. The number of Topliss-reactive ketones (excluding diaryl/α,β-unsaturated/α-hetero) is 1. The fourth-order valence-electron chi connectivity index (χ4n) is 2.58. The van der Waals surface area contributed by atoms with Gasteiger partial charge < -0.3 is 9.47 Å². The third-order valence-electron chi connectivity index (χ3n) is 3.53. The van der Waals surface area contributed by atoms with Crippen LogP contribution in [0.5, 0.6) is 0 Å². The van der Waals surface area contributed by atoms with Gasteiger partial charge in [-0.15, -0.1) is 0 Å². The van der Waals surface area contributed by atoms with Crippen LogP contribution >= 0.6 is 0 Å². The number of hydrogen-bond donors (Lipinski definition) is 0. The molecule has 1 amide bonds. The lowest BCUT2D eigenvalue weighted by Crippen LogP contribution is -2.38. The topological polar surface area (TPSA) is 55.8 Å². The van der Waals surface area contributed by atoms with Crippen molar-refractivity contribution in [1.29, 1.82) is 0 Å². The van der Waals surface area contributed by atoms with Gasteiger partial charge in [0.25, 0.3) is 0 Å². The first-order valence-corrected chi connectivity index (χ1v) is 6.35. The molecular weight excluding hydrogens is 246 g/mol. The lowest BCUT2D eigenvalue weighted by atomic mass is 10.2. The van der Waals surface area contributed by atoms with Crippen LogP contribution in [0, 0.1) is 0 Å². The molecule has 5 heteroatoms. The largest absolute Gasteiger partial charge is 0.447 e. The lowest BCUT2D eigenvalue weighted by Gasteiger charge is -2.20. The summed E-state index contributed by atoms with van der Waals surface area (Å²) < 4.78 is 10.5. The Labute approximate surface area is 111 Å². The molecule has 0 aromatic heterocycles. The number of rotatable bonds is 4. The predicted octanol–water partition coefficient (Wildman–Crippen LogP) is 1.37. The summed E-state index contributed by atoms with van der Waals surface area (Å²) in [5.41, 5.74) is 1.08. The highest BCUT2D eigenvalue weighted by Gasteiger charge is 2.48. The van der Waals surface area contributed by atoms with Crippen LogP contribution in [0.25, 0.3) is 0 Å². The van der Waals surface area contributed by atoms with Crippen LogP contribution in [-0.2, 0) is 20.9 Å². The van der Waals surface area contributed by atoms with Gasteiger partial charge in [-0.3, -0.25) is 9.69 Å². The van der Waals surface area contributed by atoms with Crippen LogP contribution in [0.15, 0.2) is 30.3 Å². The van der Waals surface area contributed by atoms with E-state index in [0.29, 0.717) is 19.6 Å². The Morgan fingerprint density at radius 1 is 1.26 bits per heavy atom. The van der Waals surface area contributed by atoms with E-state index in [9.17, 15) is 9.59 Å². The van der Waals surface area contributed by atoms with Gasteiger partial charge in [-0.25, -0.2) is 4.79 Å². The Morgan fingerprint density at radius 3 is 2.84 bits per heavy atom. The number of carbonyl (C=O) groups excluding carboxylic acids is 2. The van der Waals surface area contributed by atoms with E-state index in [1.807, 2.05) is 30.3 Å². The smallest absolute Gasteiger partial charge is 0.410 e. The van der Waals surface area contributed by atoms with Crippen LogP contribution in [0.2, 0.25) is 0 Å². The highest BCUT2D eigenvalue weighted by atomic mass is 16.6. The molecule has 0 bridgehead atoms. The van der Waals surface area contributed by atoms with Crippen LogP contribution in [-0.4, -0.2) is 42.1 Å². The molecule has 2 saturated heterocycles. The Bertz CT molecular complexity index is 485. The Kier molecular flexibility index (Phi) is 3.21. The number of fused-ring (bicyclic) bond motifs is 1. The molecule has 0 unspecified atom stereocenters. The van der Waals surface area contributed by atoms with Gasteiger partial charge in [0.15, 0.2) is 5.78 Å². The number of cyclic esters (lactones) is 1. The number of ether oxygens (including phenoxy) is 2. The fraction of sp³-hybridized carbons (Fsp3) is 0.429. The summed E-state index contributed by atoms with van der Waals surface area (Å²) in [6, 6.07) is 9.23. The Hall–Kier alpha value is -1.88. The number of ketones is 1. The third-order valence-corrected chi connectivity index (χ3v) is 3.53. The first kappa shape index (κ1) is 12.2. The molecule has 0 radical (unpaired) electrons. The minimum atomic E-state index is -0.399. The van der Waals surface area contributed by atoms with Crippen LogP contribution in [0.1, 0.15) is 12.0 Å². The minimum absolute atomic E-state index is 0.0687. The molecule has 0 spiro atoms. The molecule has 100 valence electrons. The van der Waals surface area contributed by atoms with Crippen molar-refractivity contribution in [3.63, 3.8) is 0 Å². The maximum absolute atomic E-state index is 11.7. The molecule has 19 heavy (non-hydrogen) atoms. The summed E-state index contributed by atoms with van der Waals surface area (Å²) in [7, 11) is 0. The van der Waals surface area contributed by atoms with E-state index in [0.717, 1.165) is 5.56 Å². The van der Waals surface area contributed by atoms with Crippen molar-refractivity contribution in [2.24, 2.45) is 0 Å². The second-order valence-electron chi connectivity index (χ2n) is 4.82. The average molecular weight is 261 g/mol. The number of amides is 1. The van der Waals surface area contributed by atoms with Crippen LogP contribution in [0.3, 0.4) is 0 Å². The molecule has 5 nitrogen and oxygen atoms in total. The van der Waals surface area contributed by atoms with Crippen molar-refractivity contribution in [2.75, 3.05) is 13.2 Å². The molecule has 2 aliphatic heterocycles. The summed E-state index contributed by atoms with van der Waals surface area (Å²) >= 11 is 0. The summed E-state index contributed by atoms with van der Waals surface area (Å²) in [5, 5.41) is 0. The zero-order valence-electron chi connectivity index (χ0n) is 10.5. The van der Waals surface area contributed by atoms with E-state index < -0.39 is 12.1 Å². The summed E-state index contributed by atoms with van der Waals surface area (Å²) in [4.78, 5) is 24.8. The van der Waals surface area contributed by atoms with Gasteiger partial charge in [-0.05, 0) is 5.56 Å². The van der Waals surface area contributed by atoms with Crippen molar-refractivity contribution in [2.45, 2.75) is 25.1 Å². The van der Waals surface area contributed by atoms with Gasteiger partial charge in [0.05, 0.1) is 19.3 Å². The highest BCUT2D eigenvalue weighted by Crippen LogP contribution is 2.27. The summed E-state index contributed by atoms with van der Waals surface area (Å²) in [5.74, 6) is 0.0687. The van der Waals surface area contributed by atoms with Crippen molar-refractivity contribution >= 4 is 11.9 Å². The second kappa shape index (κ2) is 5.01. The molecule has 1 aromatic carbocycles. The maximum Gasteiger partial charge on any atom is 0.410 e. The zero-order valence-corrected chi connectivity index (χ0v) is 10.5. The summed E-state index contributed by atoms with van der Waals surface area (Å²) in [6.45, 7) is 1.04. The van der Waals surface area contributed by atoms with Crippen molar-refractivity contribution < 1.29 is 19.1 Å². The van der Waals surface area contributed by atoms with Crippen LogP contribution < -0.4 is 0 Å². The second-order valence-corrected chi connectivity index (χ2v) is 4.82. The van der Waals surface area contributed by atoms with E-state index in [-0.39, 0.29) is 18.4 Å². The minimum Gasteiger partial charge on any atom is -0.447 e. The van der Waals surface area contributed by atoms with Crippen LogP contribution in [0.4, 0.5) is 4.79 Å². The zero-order chi connectivity index (χ0) is 13.2. The van der Waals surface area contributed by atoms with E-state index in [1.165, 1.54) is 4.90 Å². The Morgan fingerprint density at radius 2 is 2.05 bits per heavy atom. The van der Waals surface area contributed by atoms with E-state index in [2.05, 4.69) is 0 Å². The molecule has 0 aliphatic carbocycles. The molecule has 2 fully saturated rings. The quantitative estimate of drug-likeness (QED) is 0.821. The standard InChI is InChI=1S/C14H15NO4/c16-13-6-11(15-12(13)9-19-14(15)17)8-18-7-10-4-2-1-3-5-10/h1-5,11-12H,6-9H2/t11-,12+/m1/s1. The van der Waals surface area contributed by atoms with E-state index in [1.54, 1.807) is 0 Å². The molecule has 1 aromatic rings. The van der Waals surface area contributed by atoms with Gasteiger partial charge in [-0.2, -0.15) is 0 Å². The van der Waals surface area contributed by atoms with Crippen molar-refractivity contribution in [3.05, 3.63) is 35.9 Å². The number of carbonyl (C=O) groups is 2. The van der Waals surface area contributed by atoms with Gasteiger partial charge >= 0.3 is 6.09 Å². The maximum atomic E-state index is 11.7. The number of hydrogen-bond acceptors (Lipinski definition) is 4. The third kappa shape index (κ3) is 2.33. The monoisotopic (exact) mass is 261 g/mol.